The lowest BCUT2D eigenvalue weighted by molar-refractivity contribution is -0.437. The highest BCUT2D eigenvalue weighted by atomic mass is 16.9. The molecule has 2 unspecified atom stereocenters. The predicted octanol–water partition coefficient (Wildman–Crippen LogP) is -0.167. The van der Waals surface area contributed by atoms with Gasteiger partial charge in [-0.2, -0.15) is 0 Å². The van der Waals surface area contributed by atoms with Crippen molar-refractivity contribution in [1.29, 1.82) is 0 Å². The fourth-order valence-corrected chi connectivity index (χ4v) is 7.52. The van der Waals surface area contributed by atoms with E-state index >= 15 is 0 Å². The molecule has 0 aromatic heterocycles. The van der Waals surface area contributed by atoms with Crippen LogP contribution in [0.15, 0.2) is 54.1 Å². The number of rotatable bonds is 3. The van der Waals surface area contributed by atoms with E-state index in [0.717, 1.165) is 0 Å². The minimum atomic E-state index is -2.58. The zero-order valence-electron chi connectivity index (χ0n) is 19.7. The maximum atomic E-state index is 11.9. The summed E-state index contributed by atoms with van der Waals surface area (Å²) in [6.07, 6.45) is -4.10. The van der Waals surface area contributed by atoms with Crippen LogP contribution in [0.2, 0.25) is 0 Å². The van der Waals surface area contributed by atoms with Crippen molar-refractivity contribution in [2.45, 2.75) is 79.5 Å². The van der Waals surface area contributed by atoms with Crippen molar-refractivity contribution >= 4 is 0 Å². The summed E-state index contributed by atoms with van der Waals surface area (Å²) in [5, 5.41) is 67.7. The molecule has 6 N–H and O–H groups in total. The summed E-state index contributed by atoms with van der Waals surface area (Å²) < 4.78 is 19.8. The first-order valence-electron chi connectivity index (χ1n) is 12.0. The van der Waals surface area contributed by atoms with Gasteiger partial charge in [-0.3, -0.25) is 0 Å². The van der Waals surface area contributed by atoms with Crippen LogP contribution in [0.1, 0.15) is 32.3 Å². The Labute approximate surface area is 202 Å². The lowest BCUT2D eigenvalue weighted by Crippen LogP contribution is -2.70. The largest absolute Gasteiger partial charge is 0.393 e. The molecule has 0 spiro atoms. The van der Waals surface area contributed by atoms with Gasteiger partial charge in [0, 0.05) is 17.4 Å². The summed E-state index contributed by atoms with van der Waals surface area (Å²) in [6, 6.07) is 9.03. The molecular weight excluding hydrogens is 456 g/mol. The van der Waals surface area contributed by atoms with E-state index in [-0.39, 0.29) is 6.42 Å². The molecule has 5 aliphatic rings. The highest BCUT2D eigenvalue weighted by molar-refractivity contribution is 5.40. The average molecular weight is 489 g/mol. The van der Waals surface area contributed by atoms with Crippen molar-refractivity contribution in [3.8, 4) is 0 Å². The van der Waals surface area contributed by atoms with Gasteiger partial charge in [0.05, 0.1) is 18.3 Å². The molecule has 35 heavy (non-hydrogen) atoms. The highest BCUT2D eigenvalue weighted by Crippen LogP contribution is 2.69. The zero-order valence-corrected chi connectivity index (χ0v) is 19.7. The van der Waals surface area contributed by atoms with Crippen LogP contribution in [0.5, 0.6) is 0 Å². The molecule has 4 fully saturated rings. The Hall–Kier alpha value is -1.66. The minimum Gasteiger partial charge on any atom is -0.393 e. The third-order valence-corrected chi connectivity index (χ3v) is 9.35. The van der Waals surface area contributed by atoms with Gasteiger partial charge in [0.2, 0.25) is 0 Å². The lowest BCUT2D eigenvalue weighted by Gasteiger charge is -2.57. The third-order valence-electron chi connectivity index (χ3n) is 9.35. The van der Waals surface area contributed by atoms with Gasteiger partial charge in [0.1, 0.15) is 35.1 Å². The Morgan fingerprint density at radius 3 is 2.40 bits per heavy atom. The lowest BCUT2D eigenvalue weighted by atomic mass is 9.57. The van der Waals surface area contributed by atoms with Crippen LogP contribution < -0.4 is 0 Å². The molecule has 2 saturated heterocycles. The van der Waals surface area contributed by atoms with Gasteiger partial charge < -0.3 is 44.8 Å². The van der Waals surface area contributed by atoms with Crippen molar-refractivity contribution in [2.24, 2.45) is 11.8 Å². The topological polar surface area (TPSA) is 149 Å². The monoisotopic (exact) mass is 488 g/mol. The quantitative estimate of drug-likeness (QED) is 0.319. The molecule has 9 heteroatoms. The van der Waals surface area contributed by atoms with Gasteiger partial charge in [-0.15, -0.1) is 0 Å². The molecule has 1 aromatic carbocycles. The Bertz CT molecular complexity index is 1110. The molecule has 2 heterocycles. The number of fused-ring (bicyclic) bond motifs is 2. The average Bonchev–Trinajstić information content (AvgIpc) is 3.19. The second-order valence-corrected chi connectivity index (χ2v) is 11.0. The molecule has 11 atom stereocenters. The van der Waals surface area contributed by atoms with Crippen molar-refractivity contribution in [3.63, 3.8) is 0 Å². The van der Waals surface area contributed by atoms with E-state index in [0.29, 0.717) is 23.1 Å². The highest BCUT2D eigenvalue weighted by Gasteiger charge is 2.82. The maximum absolute atomic E-state index is 11.9. The Kier molecular flexibility index (Phi) is 4.75. The maximum Gasteiger partial charge on any atom is 0.313 e. The van der Waals surface area contributed by atoms with Gasteiger partial charge in [-0.05, 0) is 37.8 Å². The number of benzene rings is 1. The van der Waals surface area contributed by atoms with Crippen molar-refractivity contribution in [1.82, 2.24) is 0 Å². The van der Waals surface area contributed by atoms with E-state index in [1.807, 2.05) is 18.2 Å². The molecule has 9 nitrogen and oxygen atoms in total. The van der Waals surface area contributed by atoms with Crippen LogP contribution in [-0.2, 0) is 20.2 Å². The first-order chi connectivity index (χ1) is 16.4. The summed E-state index contributed by atoms with van der Waals surface area (Å²) in [6.45, 7) is 6.49. The number of hydrogen-bond donors (Lipinski definition) is 6. The van der Waals surface area contributed by atoms with Crippen LogP contribution in [0.25, 0.3) is 0 Å². The Morgan fingerprint density at radius 1 is 1.09 bits per heavy atom. The number of aliphatic hydroxyl groups excluding tert-OH is 4. The summed E-state index contributed by atoms with van der Waals surface area (Å²) in [4.78, 5) is 0. The summed E-state index contributed by atoms with van der Waals surface area (Å²) in [5.41, 5.74) is -5.88. The van der Waals surface area contributed by atoms with Crippen molar-refractivity contribution in [2.75, 3.05) is 6.61 Å². The van der Waals surface area contributed by atoms with E-state index < -0.39 is 71.2 Å². The van der Waals surface area contributed by atoms with Crippen molar-refractivity contribution < 1.29 is 44.8 Å². The molecule has 0 amide bonds. The standard InChI is InChI=1S/C26H32O9/c1-13(2)23-9-10-24-16-11-14(3)18(28)25(16,32)21(30)22(31,12-27)19(29)17(24)20(23)33-26(34-23,35-24)15-7-5-4-6-8-15/h4-8,11,16-21,27-32H,1,9-10,12H2,2-3H3/t16?,17?,18-,19-,20+,21+,22-,23+,24-,25+,26+/m0/s1. The smallest absolute Gasteiger partial charge is 0.313 e. The molecule has 190 valence electrons. The molecule has 6 rings (SSSR count). The zero-order chi connectivity index (χ0) is 25.2. The van der Waals surface area contributed by atoms with Gasteiger partial charge >= 0.3 is 5.97 Å². The summed E-state index contributed by atoms with van der Waals surface area (Å²) in [5.74, 6) is -3.81. The number of aliphatic hydroxyl groups is 6. The predicted molar refractivity (Wildman–Crippen MR) is 120 cm³/mol. The fourth-order valence-electron chi connectivity index (χ4n) is 7.52. The van der Waals surface area contributed by atoms with Gasteiger partial charge in [-0.25, -0.2) is 0 Å². The fraction of sp³-hybridized carbons (Fsp3) is 0.615. The van der Waals surface area contributed by atoms with Crippen LogP contribution in [-0.4, -0.2) is 84.1 Å². The third kappa shape index (κ3) is 2.49. The first kappa shape index (κ1) is 23.7. The van der Waals surface area contributed by atoms with Gasteiger partial charge in [0.25, 0.3) is 0 Å². The second-order valence-electron chi connectivity index (χ2n) is 11.0. The van der Waals surface area contributed by atoms with E-state index in [4.69, 9.17) is 14.2 Å². The molecule has 3 aliphatic carbocycles. The van der Waals surface area contributed by atoms with Crippen LogP contribution in [0, 0.1) is 11.8 Å². The van der Waals surface area contributed by atoms with E-state index in [1.54, 1.807) is 32.1 Å². The van der Waals surface area contributed by atoms with Gasteiger partial charge in [-0.1, -0.05) is 43.0 Å². The summed E-state index contributed by atoms with van der Waals surface area (Å²) in [7, 11) is 0. The second kappa shape index (κ2) is 7.00. The van der Waals surface area contributed by atoms with Crippen LogP contribution >= 0.6 is 0 Å². The molecule has 2 saturated carbocycles. The Morgan fingerprint density at radius 2 is 1.77 bits per heavy atom. The van der Waals surface area contributed by atoms with E-state index in [9.17, 15) is 30.6 Å². The van der Waals surface area contributed by atoms with Crippen LogP contribution in [0.3, 0.4) is 0 Å². The minimum absolute atomic E-state index is 0.244. The molecule has 1 aromatic rings. The molecule has 3 bridgehead atoms. The molecule has 2 aliphatic heterocycles. The van der Waals surface area contributed by atoms with E-state index in [1.165, 1.54) is 0 Å². The molecule has 0 radical (unpaired) electrons. The SMILES string of the molecule is C=C(C)[C@]12CC[C@@]34O[C@](c5ccccc5)(O[C@@H]1C3[C@H](O)[C@@](O)(CO)[C@@H](O)[C@@]1(O)C4C=C(C)[C@@H]1O)O2. The first-order valence-corrected chi connectivity index (χ1v) is 12.0. The van der Waals surface area contributed by atoms with Crippen molar-refractivity contribution in [3.05, 3.63) is 59.7 Å². The number of hydrogen-bond acceptors (Lipinski definition) is 9. The number of ether oxygens (including phenoxy) is 3. The normalized spacial score (nSPS) is 54.1. The van der Waals surface area contributed by atoms with Crippen LogP contribution in [0.4, 0.5) is 0 Å². The van der Waals surface area contributed by atoms with E-state index in [2.05, 4.69) is 6.58 Å². The summed E-state index contributed by atoms with van der Waals surface area (Å²) >= 11 is 0. The van der Waals surface area contributed by atoms with Gasteiger partial charge in [0.15, 0.2) is 0 Å². The molecular formula is C26H32O9. The Balaban J connectivity index is 1.65.